The Balaban J connectivity index is 1.41. The number of methoxy groups -OCH3 is 1. The fourth-order valence-electron chi connectivity index (χ4n) is 3.74. The number of thioether (sulfide) groups is 1. The zero-order valence-electron chi connectivity index (χ0n) is 19.2. The van der Waals surface area contributed by atoms with Crippen molar-refractivity contribution >= 4 is 34.3 Å². The molecule has 5 aromatic rings. The molecule has 5 rings (SSSR count). The monoisotopic (exact) mass is 482 g/mol. The van der Waals surface area contributed by atoms with Crippen molar-refractivity contribution in [2.75, 3.05) is 18.2 Å². The van der Waals surface area contributed by atoms with E-state index in [9.17, 15) is 4.79 Å². The third kappa shape index (κ3) is 4.85. The lowest BCUT2D eigenvalue weighted by molar-refractivity contribution is -0.113. The zero-order valence-corrected chi connectivity index (χ0v) is 20.0. The molecule has 1 N–H and O–H groups in total. The number of nitrogens with zero attached hydrogens (tertiary/aromatic N) is 5. The van der Waals surface area contributed by atoms with Gasteiger partial charge in [0.25, 0.3) is 0 Å². The molecule has 0 aliphatic rings. The summed E-state index contributed by atoms with van der Waals surface area (Å²) in [5.41, 5.74) is 4.10. The lowest BCUT2D eigenvalue weighted by Crippen LogP contribution is -2.15. The largest absolute Gasteiger partial charge is 0.497 e. The van der Waals surface area contributed by atoms with E-state index in [1.54, 1.807) is 19.5 Å². The maximum absolute atomic E-state index is 12.9. The fourth-order valence-corrected chi connectivity index (χ4v) is 4.49. The predicted molar refractivity (Wildman–Crippen MR) is 137 cm³/mol. The van der Waals surface area contributed by atoms with Crippen LogP contribution in [0.15, 0.2) is 84.3 Å². The minimum Gasteiger partial charge on any atom is -0.497 e. The highest BCUT2D eigenvalue weighted by atomic mass is 32.2. The molecule has 0 spiro atoms. The molecule has 0 saturated heterocycles. The first-order chi connectivity index (χ1) is 17.1. The molecule has 0 radical (unpaired) electrons. The number of carbonyl (C=O) groups is 1. The van der Waals surface area contributed by atoms with Crippen molar-refractivity contribution in [2.45, 2.75) is 12.1 Å². The molecule has 1 amide bonds. The van der Waals surface area contributed by atoms with Crippen molar-refractivity contribution in [1.29, 1.82) is 0 Å². The van der Waals surface area contributed by atoms with Crippen LogP contribution in [-0.4, -0.2) is 43.5 Å². The van der Waals surface area contributed by atoms with Gasteiger partial charge in [-0.2, -0.15) is 0 Å². The van der Waals surface area contributed by atoms with Crippen LogP contribution in [0.2, 0.25) is 0 Å². The number of carbonyl (C=O) groups excluding carboxylic acids is 1. The van der Waals surface area contributed by atoms with Crippen LogP contribution in [0.4, 0.5) is 5.69 Å². The third-order valence-electron chi connectivity index (χ3n) is 5.33. The van der Waals surface area contributed by atoms with Gasteiger partial charge in [-0.15, -0.1) is 10.2 Å². The second kappa shape index (κ2) is 9.94. The number of amides is 1. The summed E-state index contributed by atoms with van der Waals surface area (Å²) < 4.78 is 7.21. The zero-order chi connectivity index (χ0) is 24.2. The summed E-state index contributed by atoms with van der Waals surface area (Å²) in [6, 6.07) is 21.0. The van der Waals surface area contributed by atoms with Gasteiger partial charge in [-0.1, -0.05) is 30.0 Å². The first kappa shape index (κ1) is 22.5. The third-order valence-corrected chi connectivity index (χ3v) is 6.26. The SMILES string of the molecule is COc1ccc(-n2c(SCC(=O)Nc3cc(C)nc4ccccc34)nnc2-c2cccnc2)cc1. The first-order valence-electron chi connectivity index (χ1n) is 10.9. The van der Waals surface area contributed by atoms with Crippen LogP contribution >= 0.6 is 11.8 Å². The van der Waals surface area contributed by atoms with Gasteiger partial charge in [-0.25, -0.2) is 0 Å². The summed E-state index contributed by atoms with van der Waals surface area (Å²) in [6.45, 7) is 1.91. The molecule has 35 heavy (non-hydrogen) atoms. The van der Waals surface area contributed by atoms with Gasteiger partial charge in [-0.3, -0.25) is 19.3 Å². The first-order valence-corrected chi connectivity index (χ1v) is 11.9. The molecule has 0 saturated carbocycles. The minimum atomic E-state index is -0.141. The molecule has 2 aromatic carbocycles. The maximum Gasteiger partial charge on any atom is 0.234 e. The Morgan fingerprint density at radius 2 is 1.89 bits per heavy atom. The lowest BCUT2D eigenvalue weighted by atomic mass is 10.1. The summed E-state index contributed by atoms with van der Waals surface area (Å²) in [5, 5.41) is 13.3. The topological polar surface area (TPSA) is 94.8 Å². The van der Waals surface area contributed by atoms with Gasteiger partial charge in [0.15, 0.2) is 11.0 Å². The minimum absolute atomic E-state index is 0.141. The summed E-state index contributed by atoms with van der Waals surface area (Å²) in [5.74, 6) is 1.41. The van der Waals surface area contributed by atoms with E-state index >= 15 is 0 Å². The highest BCUT2D eigenvalue weighted by molar-refractivity contribution is 7.99. The van der Waals surface area contributed by atoms with Gasteiger partial charge in [0, 0.05) is 34.7 Å². The molecule has 0 aliphatic carbocycles. The van der Waals surface area contributed by atoms with E-state index < -0.39 is 0 Å². The van der Waals surface area contributed by atoms with Crippen molar-refractivity contribution in [3.63, 3.8) is 0 Å². The standard InChI is InChI=1S/C26H22N6O2S/c1-17-14-23(21-7-3-4-8-22(21)28-17)29-24(33)16-35-26-31-30-25(18-6-5-13-27-15-18)32(26)19-9-11-20(34-2)12-10-19/h3-15H,16H2,1-2H3,(H,28,29,33). The number of benzene rings is 2. The molecule has 0 aliphatic heterocycles. The molecule has 3 aromatic heterocycles. The van der Waals surface area contributed by atoms with Gasteiger partial charge in [-0.05, 0) is 55.5 Å². The van der Waals surface area contributed by atoms with Crippen molar-refractivity contribution < 1.29 is 9.53 Å². The molecular weight excluding hydrogens is 460 g/mol. The van der Waals surface area contributed by atoms with Gasteiger partial charge >= 0.3 is 0 Å². The molecular formula is C26H22N6O2S. The molecule has 0 bridgehead atoms. The van der Waals surface area contributed by atoms with E-state index in [1.807, 2.05) is 78.2 Å². The highest BCUT2D eigenvalue weighted by Crippen LogP contribution is 2.29. The molecule has 0 fully saturated rings. The summed E-state index contributed by atoms with van der Waals surface area (Å²) >= 11 is 1.31. The van der Waals surface area contributed by atoms with E-state index in [4.69, 9.17) is 4.74 Å². The summed E-state index contributed by atoms with van der Waals surface area (Å²) in [6.07, 6.45) is 3.45. The number of hydrogen-bond donors (Lipinski definition) is 1. The number of nitrogens with one attached hydrogen (secondary N) is 1. The molecule has 9 heteroatoms. The number of ether oxygens (including phenoxy) is 1. The maximum atomic E-state index is 12.9. The molecule has 174 valence electrons. The molecule has 8 nitrogen and oxygen atoms in total. The fraction of sp³-hybridized carbons (Fsp3) is 0.115. The van der Waals surface area contributed by atoms with Crippen LogP contribution in [0.5, 0.6) is 5.75 Å². The van der Waals surface area contributed by atoms with Gasteiger partial charge < -0.3 is 10.1 Å². The van der Waals surface area contributed by atoms with E-state index in [1.165, 1.54) is 11.8 Å². The van der Waals surface area contributed by atoms with Crippen molar-refractivity contribution in [1.82, 2.24) is 24.7 Å². The van der Waals surface area contributed by atoms with E-state index in [2.05, 4.69) is 25.5 Å². The van der Waals surface area contributed by atoms with Gasteiger partial charge in [0.2, 0.25) is 5.91 Å². The van der Waals surface area contributed by atoms with E-state index in [0.29, 0.717) is 11.0 Å². The summed E-state index contributed by atoms with van der Waals surface area (Å²) in [7, 11) is 1.63. The van der Waals surface area contributed by atoms with Crippen LogP contribution in [0, 0.1) is 6.92 Å². The Bertz CT molecular complexity index is 1490. The Kier molecular flexibility index (Phi) is 6.40. The van der Waals surface area contributed by atoms with Crippen LogP contribution in [0.25, 0.3) is 28.0 Å². The van der Waals surface area contributed by atoms with Crippen molar-refractivity contribution in [2.24, 2.45) is 0 Å². The van der Waals surface area contributed by atoms with Gasteiger partial charge in [0.05, 0.1) is 24.1 Å². The van der Waals surface area contributed by atoms with Crippen molar-refractivity contribution in [3.8, 4) is 22.8 Å². The predicted octanol–water partition coefficient (Wildman–Crippen LogP) is 4.93. The van der Waals surface area contributed by atoms with Crippen LogP contribution in [0.1, 0.15) is 5.69 Å². The second-order valence-electron chi connectivity index (χ2n) is 7.75. The quantitative estimate of drug-likeness (QED) is 0.329. The highest BCUT2D eigenvalue weighted by Gasteiger charge is 2.18. The Morgan fingerprint density at radius 3 is 2.66 bits per heavy atom. The van der Waals surface area contributed by atoms with E-state index in [0.717, 1.165) is 39.3 Å². The Labute approximate surface area is 206 Å². The second-order valence-corrected chi connectivity index (χ2v) is 8.69. The normalized spacial score (nSPS) is 10.9. The Hall–Kier alpha value is -4.24. The number of aryl methyl sites for hydroxylation is 1. The number of fused-ring (bicyclic) bond motifs is 1. The number of rotatable bonds is 7. The average Bonchev–Trinajstić information content (AvgIpc) is 3.32. The van der Waals surface area contributed by atoms with Crippen LogP contribution in [-0.2, 0) is 4.79 Å². The number of para-hydroxylation sites is 1. The number of pyridine rings is 2. The Morgan fingerprint density at radius 1 is 1.06 bits per heavy atom. The number of anilines is 1. The molecule has 3 heterocycles. The number of hydrogen-bond acceptors (Lipinski definition) is 7. The lowest BCUT2D eigenvalue weighted by Gasteiger charge is -2.12. The number of aromatic nitrogens is 5. The van der Waals surface area contributed by atoms with E-state index in [-0.39, 0.29) is 11.7 Å². The van der Waals surface area contributed by atoms with Crippen molar-refractivity contribution in [3.05, 3.63) is 84.8 Å². The summed E-state index contributed by atoms with van der Waals surface area (Å²) in [4.78, 5) is 21.7. The molecule has 0 unspecified atom stereocenters. The van der Waals surface area contributed by atoms with Gasteiger partial charge in [0.1, 0.15) is 5.75 Å². The molecule has 0 atom stereocenters. The average molecular weight is 483 g/mol. The van der Waals surface area contributed by atoms with Crippen LogP contribution < -0.4 is 10.1 Å². The smallest absolute Gasteiger partial charge is 0.234 e. The van der Waals surface area contributed by atoms with Crippen LogP contribution in [0.3, 0.4) is 0 Å².